The molecule has 0 amide bonds. The van der Waals surface area contributed by atoms with Crippen molar-refractivity contribution in [3.63, 3.8) is 0 Å². The van der Waals surface area contributed by atoms with Crippen molar-refractivity contribution < 1.29 is 9.84 Å². The van der Waals surface area contributed by atoms with Crippen LogP contribution in [0.5, 0.6) is 0 Å². The van der Waals surface area contributed by atoms with Gasteiger partial charge in [0, 0.05) is 18.2 Å². The van der Waals surface area contributed by atoms with Gasteiger partial charge in [0.1, 0.15) is 0 Å². The number of hydrogen-bond donors (Lipinski definition) is 2. The van der Waals surface area contributed by atoms with Crippen molar-refractivity contribution in [2.75, 3.05) is 33.4 Å². The van der Waals surface area contributed by atoms with Gasteiger partial charge in [-0.25, -0.2) is 0 Å². The number of aliphatic hydroxyl groups is 1. The van der Waals surface area contributed by atoms with E-state index in [4.69, 9.17) is 4.74 Å². The summed E-state index contributed by atoms with van der Waals surface area (Å²) in [6.45, 7) is 9.68. The van der Waals surface area contributed by atoms with Gasteiger partial charge in [0.05, 0.1) is 12.7 Å². The first-order valence-corrected chi connectivity index (χ1v) is 8.26. The van der Waals surface area contributed by atoms with Gasteiger partial charge in [0.25, 0.3) is 0 Å². The van der Waals surface area contributed by atoms with E-state index in [2.05, 4.69) is 38.0 Å². The van der Waals surface area contributed by atoms with Crippen molar-refractivity contribution in [1.29, 1.82) is 0 Å². The zero-order valence-corrected chi connectivity index (χ0v) is 13.8. The summed E-state index contributed by atoms with van der Waals surface area (Å²) in [7, 11) is 2.20. The molecule has 1 heterocycles. The van der Waals surface area contributed by atoms with Crippen LogP contribution in [0.2, 0.25) is 0 Å². The molecule has 0 bridgehead atoms. The highest BCUT2D eigenvalue weighted by Crippen LogP contribution is 2.21. The second-order valence-electron chi connectivity index (χ2n) is 6.23. The van der Waals surface area contributed by atoms with Crippen LogP contribution in [0.3, 0.4) is 0 Å². The van der Waals surface area contributed by atoms with Crippen LogP contribution in [0, 0.1) is 0 Å². The molecule has 1 aliphatic heterocycles. The maximum atomic E-state index is 9.73. The normalized spacial score (nSPS) is 26.1. The smallest absolute Gasteiger partial charge is 0.0702 e. The first-order valence-electron chi connectivity index (χ1n) is 8.26. The highest BCUT2D eigenvalue weighted by atomic mass is 16.5. The van der Waals surface area contributed by atoms with Gasteiger partial charge < -0.3 is 20.1 Å². The monoisotopic (exact) mass is 286 g/mol. The number of aliphatic hydroxyl groups excluding tert-OH is 1. The third kappa shape index (κ3) is 4.99. The maximum Gasteiger partial charge on any atom is 0.0702 e. The van der Waals surface area contributed by atoms with Gasteiger partial charge >= 0.3 is 0 Å². The summed E-state index contributed by atoms with van der Waals surface area (Å²) in [5.74, 6) is 0. The summed E-state index contributed by atoms with van der Waals surface area (Å²) < 4.78 is 5.64. The van der Waals surface area contributed by atoms with E-state index in [1.165, 1.54) is 0 Å². The molecule has 0 spiro atoms. The Morgan fingerprint density at radius 1 is 1.40 bits per heavy atom. The van der Waals surface area contributed by atoms with Gasteiger partial charge in [-0.2, -0.15) is 0 Å². The average molecular weight is 286 g/mol. The molecule has 1 fully saturated rings. The quantitative estimate of drug-likeness (QED) is 0.645. The van der Waals surface area contributed by atoms with Crippen molar-refractivity contribution in [3.05, 3.63) is 0 Å². The first kappa shape index (κ1) is 17.9. The molecule has 4 nitrogen and oxygen atoms in total. The maximum absolute atomic E-state index is 9.73. The van der Waals surface area contributed by atoms with Crippen molar-refractivity contribution in [2.45, 2.75) is 70.6 Å². The van der Waals surface area contributed by atoms with Crippen molar-refractivity contribution in [2.24, 2.45) is 0 Å². The average Bonchev–Trinajstić information content (AvgIpc) is 2.89. The number of nitrogens with one attached hydrogen (secondary N) is 1. The van der Waals surface area contributed by atoms with E-state index in [1.807, 2.05) is 0 Å². The van der Waals surface area contributed by atoms with Gasteiger partial charge in [-0.15, -0.1) is 0 Å². The topological polar surface area (TPSA) is 44.7 Å². The molecule has 4 heteroatoms. The lowest BCUT2D eigenvalue weighted by Crippen LogP contribution is -2.49. The number of nitrogens with zero attached hydrogens (tertiary/aromatic N) is 1. The summed E-state index contributed by atoms with van der Waals surface area (Å²) in [5, 5.41) is 13.3. The van der Waals surface area contributed by atoms with E-state index in [0.29, 0.717) is 12.1 Å². The largest absolute Gasteiger partial charge is 0.394 e. The zero-order chi connectivity index (χ0) is 15.0. The van der Waals surface area contributed by atoms with Crippen LogP contribution in [0.1, 0.15) is 52.9 Å². The summed E-state index contributed by atoms with van der Waals surface area (Å²) in [6.07, 6.45) is 5.74. The fourth-order valence-electron chi connectivity index (χ4n) is 3.16. The van der Waals surface area contributed by atoms with Crippen LogP contribution in [0.25, 0.3) is 0 Å². The Balaban J connectivity index is 2.35. The Kier molecular flexibility index (Phi) is 8.03. The third-order valence-electron chi connectivity index (χ3n) is 4.80. The van der Waals surface area contributed by atoms with Crippen molar-refractivity contribution in [3.8, 4) is 0 Å². The standard InChI is InChI=1S/C16H34N2O2/c1-5-10-17-16(6-2,13-19)9-7-11-18(4)15-8-12-20-14(15)3/h14-15,17,19H,5-13H2,1-4H3. The molecule has 2 N–H and O–H groups in total. The number of hydrogen-bond acceptors (Lipinski definition) is 4. The highest BCUT2D eigenvalue weighted by molar-refractivity contribution is 4.87. The fourth-order valence-corrected chi connectivity index (χ4v) is 3.16. The molecule has 0 saturated carbocycles. The lowest BCUT2D eigenvalue weighted by Gasteiger charge is -2.34. The molecule has 0 aliphatic carbocycles. The van der Waals surface area contributed by atoms with E-state index in [9.17, 15) is 5.11 Å². The Morgan fingerprint density at radius 3 is 2.65 bits per heavy atom. The van der Waals surface area contributed by atoms with Crippen molar-refractivity contribution in [1.82, 2.24) is 10.2 Å². The Labute approximate surface area is 124 Å². The Bertz CT molecular complexity index is 257. The number of likely N-dealkylation sites (N-methyl/N-ethyl adjacent to an activating group) is 1. The van der Waals surface area contributed by atoms with E-state index in [1.54, 1.807) is 0 Å². The minimum atomic E-state index is -0.0886. The molecular weight excluding hydrogens is 252 g/mol. The molecule has 20 heavy (non-hydrogen) atoms. The van der Waals surface area contributed by atoms with E-state index < -0.39 is 0 Å². The molecule has 0 aromatic carbocycles. The minimum Gasteiger partial charge on any atom is -0.394 e. The summed E-state index contributed by atoms with van der Waals surface area (Å²) in [4.78, 5) is 2.43. The predicted octanol–water partition coefficient (Wildman–Crippen LogP) is 2.02. The first-order chi connectivity index (χ1) is 9.58. The Hall–Kier alpha value is -0.160. The molecule has 0 radical (unpaired) electrons. The van der Waals surface area contributed by atoms with Gasteiger partial charge in [-0.1, -0.05) is 13.8 Å². The van der Waals surface area contributed by atoms with E-state index in [-0.39, 0.29) is 12.1 Å². The third-order valence-corrected chi connectivity index (χ3v) is 4.80. The Morgan fingerprint density at radius 2 is 2.15 bits per heavy atom. The number of ether oxygens (including phenoxy) is 1. The molecule has 1 saturated heterocycles. The van der Waals surface area contributed by atoms with Crippen molar-refractivity contribution >= 4 is 0 Å². The van der Waals surface area contributed by atoms with Gasteiger partial charge in [-0.05, 0) is 59.2 Å². The second kappa shape index (κ2) is 8.98. The van der Waals surface area contributed by atoms with Crippen LogP contribution in [0.15, 0.2) is 0 Å². The van der Waals surface area contributed by atoms with Crippen LogP contribution in [-0.4, -0.2) is 61.0 Å². The SMILES string of the molecule is CCCNC(CC)(CO)CCCN(C)C1CCOC1C. The molecule has 120 valence electrons. The number of rotatable bonds is 10. The van der Waals surface area contributed by atoms with Crippen LogP contribution in [-0.2, 0) is 4.74 Å². The molecule has 3 atom stereocenters. The van der Waals surface area contributed by atoms with Gasteiger partial charge in [0.2, 0.25) is 0 Å². The second-order valence-corrected chi connectivity index (χ2v) is 6.23. The molecule has 1 rings (SSSR count). The lowest BCUT2D eigenvalue weighted by atomic mass is 9.90. The summed E-state index contributed by atoms with van der Waals surface area (Å²) in [6, 6.07) is 0.559. The predicted molar refractivity (Wildman–Crippen MR) is 84.1 cm³/mol. The zero-order valence-electron chi connectivity index (χ0n) is 13.8. The van der Waals surface area contributed by atoms with Crippen LogP contribution in [0.4, 0.5) is 0 Å². The summed E-state index contributed by atoms with van der Waals surface area (Å²) in [5.41, 5.74) is -0.0886. The van der Waals surface area contributed by atoms with E-state index in [0.717, 1.165) is 51.8 Å². The van der Waals surface area contributed by atoms with Gasteiger partial charge in [0.15, 0.2) is 0 Å². The fraction of sp³-hybridized carbons (Fsp3) is 1.00. The highest BCUT2D eigenvalue weighted by Gasteiger charge is 2.29. The van der Waals surface area contributed by atoms with Gasteiger partial charge in [-0.3, -0.25) is 0 Å². The molecule has 0 aromatic heterocycles. The molecule has 1 aliphatic rings. The van der Waals surface area contributed by atoms with E-state index >= 15 is 0 Å². The molecule has 3 unspecified atom stereocenters. The minimum absolute atomic E-state index is 0.0886. The molecule has 0 aromatic rings. The lowest BCUT2D eigenvalue weighted by molar-refractivity contribution is 0.0803. The summed E-state index contributed by atoms with van der Waals surface area (Å²) >= 11 is 0. The van der Waals surface area contributed by atoms with Crippen LogP contribution < -0.4 is 5.32 Å². The molecular formula is C16H34N2O2. The van der Waals surface area contributed by atoms with Crippen LogP contribution >= 0.6 is 0 Å².